The summed E-state index contributed by atoms with van der Waals surface area (Å²) in [6.45, 7) is 0.237. The fourth-order valence-corrected chi connectivity index (χ4v) is 1.20. The molecule has 0 fully saturated rings. The van der Waals surface area contributed by atoms with Crippen molar-refractivity contribution in [2.24, 2.45) is 5.73 Å². The van der Waals surface area contributed by atoms with Crippen molar-refractivity contribution in [2.75, 3.05) is 13.6 Å². The van der Waals surface area contributed by atoms with E-state index in [9.17, 15) is 9.59 Å². The van der Waals surface area contributed by atoms with Gasteiger partial charge in [0, 0.05) is 7.05 Å². The maximum absolute atomic E-state index is 11.6. The molecule has 6 nitrogen and oxygen atoms in total. The highest BCUT2D eigenvalue weighted by Crippen LogP contribution is 2.03. The third-order valence-electron chi connectivity index (χ3n) is 1.94. The van der Waals surface area contributed by atoms with Crippen molar-refractivity contribution in [2.45, 2.75) is 6.54 Å². The van der Waals surface area contributed by atoms with Crippen LogP contribution in [0.4, 0.5) is 0 Å². The molecule has 0 aliphatic rings. The highest BCUT2D eigenvalue weighted by Gasteiger charge is 2.19. The summed E-state index contributed by atoms with van der Waals surface area (Å²) in [6.07, 6.45) is 1.50. The Labute approximate surface area is 104 Å². The highest BCUT2D eigenvalue weighted by atomic mass is 32.1. The fourth-order valence-electron chi connectivity index (χ4n) is 1.12. The first-order valence-corrected chi connectivity index (χ1v) is 5.25. The van der Waals surface area contributed by atoms with Crippen molar-refractivity contribution in [3.63, 3.8) is 0 Å². The van der Waals surface area contributed by atoms with Crippen LogP contribution in [0.15, 0.2) is 22.8 Å². The molecule has 0 spiro atoms. The second-order valence-corrected chi connectivity index (χ2v) is 3.91. The number of hydrogen-bond donors (Lipinski definition) is 2. The van der Waals surface area contributed by atoms with Gasteiger partial charge in [0.15, 0.2) is 0 Å². The monoisotopic (exact) mass is 255 g/mol. The third kappa shape index (κ3) is 4.23. The van der Waals surface area contributed by atoms with Crippen molar-refractivity contribution in [1.82, 2.24) is 10.2 Å². The van der Waals surface area contributed by atoms with Crippen LogP contribution in [-0.4, -0.2) is 35.3 Å². The molecule has 0 aromatic carbocycles. The number of nitrogens with one attached hydrogen (secondary N) is 1. The first-order valence-electron chi connectivity index (χ1n) is 4.84. The van der Waals surface area contributed by atoms with Gasteiger partial charge in [0.1, 0.15) is 5.76 Å². The van der Waals surface area contributed by atoms with Crippen LogP contribution >= 0.6 is 12.2 Å². The Hall–Kier alpha value is -1.89. The second-order valence-electron chi connectivity index (χ2n) is 3.39. The van der Waals surface area contributed by atoms with Crippen molar-refractivity contribution < 1.29 is 14.0 Å². The van der Waals surface area contributed by atoms with E-state index in [4.69, 9.17) is 10.2 Å². The summed E-state index contributed by atoms with van der Waals surface area (Å²) in [5.41, 5.74) is 5.20. The number of rotatable bonds is 4. The van der Waals surface area contributed by atoms with Gasteiger partial charge in [0.25, 0.3) is 0 Å². The molecule has 1 rings (SSSR count). The lowest BCUT2D eigenvalue weighted by molar-refractivity contribution is -0.145. The summed E-state index contributed by atoms with van der Waals surface area (Å²) < 4.78 is 5.07. The van der Waals surface area contributed by atoms with Crippen molar-refractivity contribution in [3.05, 3.63) is 24.2 Å². The minimum Gasteiger partial charge on any atom is -0.467 e. The van der Waals surface area contributed by atoms with Crippen LogP contribution in [0.25, 0.3) is 0 Å². The van der Waals surface area contributed by atoms with Crippen LogP contribution in [0.1, 0.15) is 5.76 Å². The van der Waals surface area contributed by atoms with E-state index < -0.39 is 11.8 Å². The zero-order valence-corrected chi connectivity index (χ0v) is 10.1. The van der Waals surface area contributed by atoms with Crippen LogP contribution < -0.4 is 11.1 Å². The number of hydrogen-bond acceptors (Lipinski definition) is 4. The van der Waals surface area contributed by atoms with E-state index in [1.54, 1.807) is 12.1 Å². The molecule has 0 bridgehead atoms. The maximum atomic E-state index is 11.6. The zero-order chi connectivity index (χ0) is 12.8. The summed E-state index contributed by atoms with van der Waals surface area (Å²) in [7, 11) is 1.51. The lowest BCUT2D eigenvalue weighted by Gasteiger charge is -2.14. The number of furan rings is 1. The van der Waals surface area contributed by atoms with Crippen LogP contribution in [0.3, 0.4) is 0 Å². The van der Waals surface area contributed by atoms with Gasteiger partial charge in [-0.1, -0.05) is 12.2 Å². The largest absolute Gasteiger partial charge is 0.467 e. The Balaban J connectivity index is 2.46. The van der Waals surface area contributed by atoms with E-state index in [2.05, 4.69) is 17.5 Å². The number of carbonyl (C=O) groups is 2. The molecule has 0 atom stereocenters. The molecule has 1 aromatic rings. The minimum atomic E-state index is -0.744. The summed E-state index contributed by atoms with van der Waals surface area (Å²) >= 11 is 4.58. The quantitative estimate of drug-likeness (QED) is 0.566. The topological polar surface area (TPSA) is 88.6 Å². The Kier molecular flexibility index (Phi) is 4.65. The first kappa shape index (κ1) is 13.2. The summed E-state index contributed by atoms with van der Waals surface area (Å²) in [5.74, 6) is -0.812. The van der Waals surface area contributed by atoms with E-state index in [0.29, 0.717) is 5.76 Å². The Morgan fingerprint density at radius 3 is 2.82 bits per heavy atom. The van der Waals surface area contributed by atoms with E-state index >= 15 is 0 Å². The minimum absolute atomic E-state index is 0.00843. The van der Waals surface area contributed by atoms with Gasteiger partial charge >= 0.3 is 11.8 Å². The van der Waals surface area contributed by atoms with Crippen LogP contribution in [0, 0.1) is 0 Å². The molecule has 3 N–H and O–H groups in total. The Bertz CT molecular complexity index is 416. The van der Waals surface area contributed by atoms with Gasteiger partial charge < -0.3 is 20.4 Å². The molecule has 92 valence electrons. The molecule has 0 saturated carbocycles. The number of thiocarbonyl (C=S) groups is 1. The fraction of sp³-hybridized carbons (Fsp3) is 0.300. The van der Waals surface area contributed by atoms with Gasteiger partial charge in [-0.2, -0.15) is 0 Å². The van der Waals surface area contributed by atoms with Crippen molar-refractivity contribution in [3.8, 4) is 0 Å². The van der Waals surface area contributed by atoms with Gasteiger partial charge in [-0.05, 0) is 12.1 Å². The van der Waals surface area contributed by atoms with Crippen LogP contribution in [0.2, 0.25) is 0 Å². The maximum Gasteiger partial charge on any atom is 0.312 e. The second kappa shape index (κ2) is 6.00. The van der Waals surface area contributed by atoms with E-state index in [0.717, 1.165) is 0 Å². The summed E-state index contributed by atoms with van der Waals surface area (Å²) in [6, 6.07) is 3.43. The lowest BCUT2D eigenvalue weighted by Crippen LogP contribution is -2.43. The van der Waals surface area contributed by atoms with Gasteiger partial charge in [0.05, 0.1) is 24.3 Å². The molecule has 0 aliphatic carbocycles. The SMILES string of the molecule is CN(Cc1ccco1)C(=O)C(=O)NCC(N)=S. The molecule has 0 radical (unpaired) electrons. The summed E-state index contributed by atoms with van der Waals surface area (Å²) in [4.78, 5) is 24.3. The number of carbonyl (C=O) groups excluding carboxylic acids is 2. The molecule has 0 aliphatic heterocycles. The molecule has 1 aromatic heterocycles. The summed E-state index contributed by atoms with van der Waals surface area (Å²) in [5, 5.41) is 2.32. The number of amides is 2. The van der Waals surface area contributed by atoms with Crippen LogP contribution in [-0.2, 0) is 16.1 Å². The molecule has 0 unspecified atom stereocenters. The van der Waals surface area contributed by atoms with E-state index in [1.807, 2.05) is 0 Å². The standard InChI is InChI=1S/C10H13N3O3S/c1-13(6-7-3-2-4-16-7)10(15)9(14)12-5-8(11)17/h2-4H,5-6H2,1H3,(H2,11,17)(H,12,14). The van der Waals surface area contributed by atoms with Gasteiger partial charge in [0.2, 0.25) is 0 Å². The molecular formula is C10H13N3O3S. The molecule has 17 heavy (non-hydrogen) atoms. The zero-order valence-electron chi connectivity index (χ0n) is 9.30. The predicted octanol–water partition coefficient (Wildman–Crippen LogP) is -0.360. The number of nitrogens with two attached hydrogens (primary N) is 1. The molecule has 0 saturated heterocycles. The predicted molar refractivity (Wildman–Crippen MR) is 65.0 cm³/mol. The normalized spacial score (nSPS) is 9.71. The highest BCUT2D eigenvalue weighted by molar-refractivity contribution is 7.80. The van der Waals surface area contributed by atoms with E-state index in [-0.39, 0.29) is 18.1 Å². The lowest BCUT2D eigenvalue weighted by atomic mass is 10.4. The molecule has 1 heterocycles. The van der Waals surface area contributed by atoms with Gasteiger partial charge in [-0.15, -0.1) is 0 Å². The average Bonchev–Trinajstić information content (AvgIpc) is 2.77. The van der Waals surface area contributed by atoms with Gasteiger partial charge in [-0.25, -0.2) is 0 Å². The smallest absolute Gasteiger partial charge is 0.312 e. The van der Waals surface area contributed by atoms with Gasteiger partial charge in [-0.3, -0.25) is 9.59 Å². The first-order chi connectivity index (χ1) is 8.00. The van der Waals surface area contributed by atoms with E-state index in [1.165, 1.54) is 18.2 Å². The average molecular weight is 255 g/mol. The number of nitrogens with zero attached hydrogens (tertiary/aromatic N) is 1. The van der Waals surface area contributed by atoms with Crippen LogP contribution in [0.5, 0.6) is 0 Å². The molecule has 7 heteroatoms. The molecule has 2 amide bonds. The molecular weight excluding hydrogens is 242 g/mol. The van der Waals surface area contributed by atoms with Crippen molar-refractivity contribution >= 4 is 29.0 Å². The Morgan fingerprint density at radius 2 is 2.29 bits per heavy atom. The van der Waals surface area contributed by atoms with Crippen molar-refractivity contribution in [1.29, 1.82) is 0 Å². The third-order valence-corrected chi connectivity index (χ3v) is 2.08. The number of likely N-dealkylation sites (N-methyl/N-ethyl adjacent to an activating group) is 1. The Morgan fingerprint density at radius 1 is 1.59 bits per heavy atom.